The van der Waals surface area contributed by atoms with Crippen LogP contribution in [0.2, 0.25) is 0 Å². The molecule has 268 valence electrons. The first-order valence-electron chi connectivity index (χ1n) is 17.7. The van der Waals surface area contributed by atoms with Crippen LogP contribution in [0.3, 0.4) is 0 Å². The maximum Gasteiger partial charge on any atom is 0.335 e. The summed E-state index contributed by atoms with van der Waals surface area (Å²) in [4.78, 5) is 13.0. The van der Waals surface area contributed by atoms with Crippen LogP contribution in [0, 0.1) is 0 Å². The minimum atomic E-state index is -3.19. The Morgan fingerprint density at radius 2 is 1.02 bits per heavy atom. The second kappa shape index (κ2) is 19.5. The van der Waals surface area contributed by atoms with Crippen molar-refractivity contribution in [1.82, 2.24) is 0 Å². The summed E-state index contributed by atoms with van der Waals surface area (Å²) in [7, 11) is -4.81. The van der Waals surface area contributed by atoms with E-state index in [1.807, 2.05) is 88.4 Å². The number of hydrogen-bond donors (Lipinski definition) is 0. The first-order chi connectivity index (χ1) is 25.4. The van der Waals surface area contributed by atoms with Crippen molar-refractivity contribution in [2.24, 2.45) is 0 Å². The molecule has 5 aromatic carbocycles. The molecule has 0 aliphatic heterocycles. The topological polar surface area (TPSA) is 71.1 Å². The van der Waals surface area contributed by atoms with Crippen LogP contribution in [0.15, 0.2) is 121 Å². The molecular weight excluding hydrogens is 686 g/mol. The van der Waals surface area contributed by atoms with Gasteiger partial charge in [0.05, 0.1) is 32.6 Å². The Labute approximate surface area is 309 Å². The van der Waals surface area contributed by atoms with E-state index in [4.69, 9.17) is 18.1 Å². The Balaban J connectivity index is 1.49. The van der Waals surface area contributed by atoms with Gasteiger partial charge in [-0.15, -0.1) is 0 Å². The van der Waals surface area contributed by atoms with E-state index < -0.39 is 16.0 Å². The monoisotopic (exact) mass is 732 g/mol. The molecule has 0 aliphatic carbocycles. The molecule has 0 heterocycles. The van der Waals surface area contributed by atoms with Crippen LogP contribution in [0.5, 0.6) is 0 Å². The number of rotatable bonds is 18. The van der Waals surface area contributed by atoms with Gasteiger partial charge >= 0.3 is 7.60 Å². The smallest absolute Gasteiger partial charge is 0.329 e. The van der Waals surface area contributed by atoms with Crippen LogP contribution in [0.1, 0.15) is 65.9 Å². The molecule has 0 aliphatic rings. The Morgan fingerprint density at radius 1 is 0.577 bits per heavy atom. The van der Waals surface area contributed by atoms with E-state index >= 15 is 0 Å². The minimum Gasteiger partial charge on any atom is -0.329 e. The number of benzene rings is 5. The molecule has 0 aromatic heterocycles. The molecule has 0 saturated heterocycles. The zero-order chi connectivity index (χ0) is 36.8. The fraction of sp³-hybridized carbons (Fsp3) is 0.205. The van der Waals surface area contributed by atoms with Crippen molar-refractivity contribution in [2.75, 3.05) is 26.4 Å². The summed E-state index contributed by atoms with van der Waals surface area (Å²) in [5.74, 6) is 0. The van der Waals surface area contributed by atoms with Crippen LogP contribution < -0.4 is 0 Å². The Bertz CT molecular complexity index is 1970. The average Bonchev–Trinajstić information content (AvgIpc) is 3.17. The van der Waals surface area contributed by atoms with Gasteiger partial charge in [0.1, 0.15) is 0 Å². The largest absolute Gasteiger partial charge is 0.335 e. The van der Waals surface area contributed by atoms with Gasteiger partial charge in [-0.3, -0.25) is 9.36 Å². The zero-order valence-electron chi connectivity index (χ0n) is 30.2. The second-order valence-electron chi connectivity index (χ2n) is 11.8. The van der Waals surface area contributed by atoms with Crippen molar-refractivity contribution >= 4 is 45.8 Å². The maximum absolute atomic E-state index is 13.1. The summed E-state index contributed by atoms with van der Waals surface area (Å²) in [5, 5.41) is 0. The van der Waals surface area contributed by atoms with Crippen molar-refractivity contribution < 1.29 is 27.5 Å². The summed E-state index contributed by atoms with van der Waals surface area (Å²) in [6.07, 6.45) is 8.70. The molecule has 0 N–H and O–H groups in total. The van der Waals surface area contributed by atoms with Gasteiger partial charge in [0.25, 0.3) is 0 Å². The van der Waals surface area contributed by atoms with E-state index in [1.54, 1.807) is 0 Å². The minimum absolute atomic E-state index is 0.123. The molecule has 0 amide bonds. The lowest BCUT2D eigenvalue weighted by Gasteiger charge is -2.17. The van der Waals surface area contributed by atoms with Crippen molar-refractivity contribution in [3.05, 3.63) is 155 Å². The normalized spacial score (nSPS) is 11.9. The summed E-state index contributed by atoms with van der Waals surface area (Å²) in [5.41, 5.74) is 9.90. The van der Waals surface area contributed by atoms with Crippen LogP contribution in [-0.4, -0.2) is 32.0 Å². The van der Waals surface area contributed by atoms with E-state index in [0.29, 0.717) is 32.0 Å². The maximum atomic E-state index is 13.1. The lowest BCUT2D eigenvalue weighted by molar-refractivity contribution is 0.104. The lowest BCUT2D eigenvalue weighted by Crippen LogP contribution is -2.03. The van der Waals surface area contributed by atoms with Crippen LogP contribution >= 0.6 is 16.0 Å². The molecule has 0 bridgehead atoms. The van der Waals surface area contributed by atoms with Crippen LogP contribution in [0.4, 0.5) is 0 Å². The quantitative estimate of drug-likeness (QED) is 0.0660. The SMILES string of the molecule is CCOP(OCC)C(=O)c1ccc(C=Cc2cc(-c3ccccc3)c(C=Cc3ccc(CP(=O)(OCC)OCC)cc3)cc2-c2ccccc2)cc1. The zero-order valence-corrected chi connectivity index (χ0v) is 32.0. The molecule has 5 rings (SSSR count). The number of carbonyl (C=O) groups is 1. The standard InChI is InChI=1S/C44H46O6P2/c1-5-47-51(48-6-2)44(45)39-27-23-35(24-28-39)26-30-41-32-42(37-15-11-9-12-16-37)40(31-43(41)38-17-13-10-14-18-38)29-25-34-19-21-36(22-20-34)33-52(46,49-7-3)50-8-4/h9-32H,5-8,33H2,1-4H3. The van der Waals surface area contributed by atoms with E-state index in [9.17, 15) is 9.36 Å². The van der Waals surface area contributed by atoms with Gasteiger partial charge in [0.2, 0.25) is 13.9 Å². The summed E-state index contributed by atoms with van der Waals surface area (Å²) in [6, 6.07) is 40.8. The molecular formula is C44H46O6P2. The fourth-order valence-corrected chi connectivity index (χ4v) is 8.57. The average molecular weight is 733 g/mol. The van der Waals surface area contributed by atoms with E-state index in [0.717, 1.165) is 50.1 Å². The molecule has 8 heteroatoms. The van der Waals surface area contributed by atoms with Crippen molar-refractivity contribution in [2.45, 2.75) is 33.9 Å². The van der Waals surface area contributed by atoms with E-state index in [2.05, 4.69) is 85.0 Å². The van der Waals surface area contributed by atoms with E-state index in [-0.39, 0.29) is 11.7 Å². The van der Waals surface area contributed by atoms with Gasteiger partial charge in [-0.05, 0) is 89.9 Å². The first kappa shape index (κ1) is 39.0. The highest BCUT2D eigenvalue weighted by atomic mass is 31.2. The van der Waals surface area contributed by atoms with Gasteiger partial charge in [-0.1, -0.05) is 133 Å². The summed E-state index contributed by atoms with van der Waals surface area (Å²) in [6.45, 7) is 8.88. The van der Waals surface area contributed by atoms with Gasteiger partial charge in [0.15, 0.2) is 0 Å². The third kappa shape index (κ3) is 10.6. The Morgan fingerprint density at radius 3 is 1.44 bits per heavy atom. The predicted octanol–water partition coefficient (Wildman–Crippen LogP) is 12.7. The highest BCUT2D eigenvalue weighted by Gasteiger charge is 2.24. The first-order valence-corrected chi connectivity index (χ1v) is 20.6. The third-order valence-electron chi connectivity index (χ3n) is 8.13. The third-order valence-corrected chi connectivity index (χ3v) is 11.8. The van der Waals surface area contributed by atoms with Crippen LogP contribution in [-0.2, 0) is 28.8 Å². The van der Waals surface area contributed by atoms with Gasteiger partial charge in [-0.2, -0.15) is 0 Å². The Kier molecular flexibility index (Phi) is 14.6. The predicted molar refractivity (Wildman–Crippen MR) is 217 cm³/mol. The van der Waals surface area contributed by atoms with Crippen molar-refractivity contribution in [1.29, 1.82) is 0 Å². The number of hydrogen-bond acceptors (Lipinski definition) is 6. The lowest BCUT2D eigenvalue weighted by atomic mass is 9.90. The molecule has 0 atom stereocenters. The molecule has 0 radical (unpaired) electrons. The molecule has 5 aromatic rings. The van der Waals surface area contributed by atoms with Gasteiger partial charge in [0, 0.05) is 5.56 Å². The Hall–Kier alpha value is -4.25. The number of carbonyl (C=O) groups excluding carboxylic acids is 1. The highest BCUT2D eigenvalue weighted by molar-refractivity contribution is 7.66. The van der Waals surface area contributed by atoms with E-state index in [1.165, 1.54) is 0 Å². The fourth-order valence-electron chi connectivity index (χ4n) is 5.73. The van der Waals surface area contributed by atoms with Crippen molar-refractivity contribution in [3.63, 3.8) is 0 Å². The molecule has 0 saturated carbocycles. The summed E-state index contributed by atoms with van der Waals surface area (Å²) < 4.78 is 35.2. The molecule has 0 unspecified atom stereocenters. The second-order valence-corrected chi connectivity index (χ2v) is 15.3. The molecule has 6 nitrogen and oxygen atoms in total. The molecule has 0 fully saturated rings. The van der Waals surface area contributed by atoms with Crippen molar-refractivity contribution in [3.8, 4) is 22.3 Å². The summed E-state index contributed by atoms with van der Waals surface area (Å²) >= 11 is 0. The highest BCUT2D eigenvalue weighted by Crippen LogP contribution is 2.51. The van der Waals surface area contributed by atoms with Gasteiger partial charge < -0.3 is 18.1 Å². The van der Waals surface area contributed by atoms with Gasteiger partial charge in [-0.25, -0.2) is 0 Å². The molecule has 52 heavy (non-hydrogen) atoms. The van der Waals surface area contributed by atoms with Crippen LogP contribution in [0.25, 0.3) is 46.6 Å². The molecule has 0 spiro atoms.